The minimum absolute atomic E-state index is 0.318. The fraction of sp³-hybridized carbons (Fsp3) is 1.00. The van der Waals surface area contributed by atoms with Crippen molar-refractivity contribution < 1.29 is 4.74 Å². The average Bonchev–Trinajstić information content (AvgIpc) is 2.64. The fourth-order valence-corrected chi connectivity index (χ4v) is 2.54. The molecule has 0 aliphatic carbocycles. The second-order valence-electron chi connectivity index (χ2n) is 4.99. The van der Waals surface area contributed by atoms with Crippen LogP contribution in [-0.4, -0.2) is 48.8 Å². The van der Waals surface area contributed by atoms with Crippen LogP contribution in [0.5, 0.6) is 0 Å². The molecule has 0 spiro atoms. The summed E-state index contributed by atoms with van der Waals surface area (Å²) in [6, 6.07) is 0.596. The minimum Gasteiger partial charge on any atom is -0.374 e. The van der Waals surface area contributed by atoms with E-state index in [-0.39, 0.29) is 0 Å². The molecule has 2 fully saturated rings. The van der Waals surface area contributed by atoms with Crippen LogP contribution in [0.2, 0.25) is 0 Å². The van der Waals surface area contributed by atoms with Gasteiger partial charge in [0, 0.05) is 25.2 Å². The van der Waals surface area contributed by atoms with E-state index in [1.165, 1.54) is 6.42 Å². The van der Waals surface area contributed by atoms with Crippen molar-refractivity contribution >= 4 is 0 Å². The summed E-state index contributed by atoms with van der Waals surface area (Å²) in [7, 11) is 0. The van der Waals surface area contributed by atoms with E-state index in [1.54, 1.807) is 0 Å². The van der Waals surface area contributed by atoms with Crippen LogP contribution in [0.4, 0.5) is 0 Å². The lowest BCUT2D eigenvalue weighted by atomic mass is 9.95. The molecule has 14 heavy (non-hydrogen) atoms. The predicted molar refractivity (Wildman–Crippen MR) is 57.5 cm³/mol. The number of nitrogens with zero attached hydrogens (tertiary/aromatic N) is 1. The highest BCUT2D eigenvalue weighted by atomic mass is 16.5. The first-order chi connectivity index (χ1) is 6.65. The van der Waals surface area contributed by atoms with Crippen molar-refractivity contribution in [3.8, 4) is 0 Å². The van der Waals surface area contributed by atoms with Crippen molar-refractivity contribution in [1.82, 2.24) is 10.2 Å². The summed E-state index contributed by atoms with van der Waals surface area (Å²) < 4.78 is 5.77. The Morgan fingerprint density at radius 3 is 2.93 bits per heavy atom. The van der Waals surface area contributed by atoms with Gasteiger partial charge in [0.05, 0.1) is 18.8 Å². The molecule has 1 N–H and O–H groups in total. The maximum absolute atomic E-state index is 5.77. The molecule has 0 aromatic carbocycles. The second-order valence-corrected chi connectivity index (χ2v) is 4.99. The number of ether oxygens (including phenoxy) is 1. The molecule has 3 heteroatoms. The van der Waals surface area contributed by atoms with Crippen LogP contribution < -0.4 is 5.32 Å². The lowest BCUT2D eigenvalue weighted by molar-refractivity contribution is -0.0842. The third kappa shape index (κ3) is 1.69. The molecular weight excluding hydrogens is 176 g/mol. The van der Waals surface area contributed by atoms with Gasteiger partial charge in [0.25, 0.3) is 0 Å². The van der Waals surface area contributed by atoms with Crippen molar-refractivity contribution in [2.45, 2.75) is 44.9 Å². The molecule has 2 atom stereocenters. The van der Waals surface area contributed by atoms with E-state index in [1.807, 2.05) is 0 Å². The standard InChI is InChI=1S/C11H22N2O/c1-4-11(2,3)13-5-6-14-10-8-12-7-9(10)13/h9-10,12H,4-8H2,1-3H3/t9-,10+/m0/s1. The van der Waals surface area contributed by atoms with Gasteiger partial charge < -0.3 is 10.1 Å². The van der Waals surface area contributed by atoms with E-state index in [9.17, 15) is 0 Å². The van der Waals surface area contributed by atoms with E-state index in [4.69, 9.17) is 4.74 Å². The lowest BCUT2D eigenvalue weighted by Crippen LogP contribution is -2.58. The van der Waals surface area contributed by atoms with Crippen molar-refractivity contribution in [3.05, 3.63) is 0 Å². The van der Waals surface area contributed by atoms with Gasteiger partial charge in [-0.05, 0) is 20.3 Å². The summed E-state index contributed by atoms with van der Waals surface area (Å²) >= 11 is 0. The maximum atomic E-state index is 5.77. The van der Waals surface area contributed by atoms with Crippen molar-refractivity contribution in [3.63, 3.8) is 0 Å². The summed E-state index contributed by atoms with van der Waals surface area (Å²) in [6.45, 7) is 11.1. The molecule has 0 bridgehead atoms. The third-order valence-corrected chi connectivity index (χ3v) is 3.84. The van der Waals surface area contributed by atoms with Crippen LogP contribution in [-0.2, 0) is 4.74 Å². The summed E-state index contributed by atoms with van der Waals surface area (Å²) in [4.78, 5) is 2.63. The Bertz CT molecular complexity index is 205. The topological polar surface area (TPSA) is 24.5 Å². The van der Waals surface area contributed by atoms with Gasteiger partial charge in [-0.2, -0.15) is 0 Å². The maximum Gasteiger partial charge on any atom is 0.0867 e. The van der Waals surface area contributed by atoms with Crippen molar-refractivity contribution in [1.29, 1.82) is 0 Å². The van der Waals surface area contributed by atoms with Crippen LogP contribution in [0.25, 0.3) is 0 Å². The number of rotatable bonds is 2. The number of hydrogen-bond donors (Lipinski definition) is 1. The summed E-state index contributed by atoms with van der Waals surface area (Å²) in [5.74, 6) is 0. The van der Waals surface area contributed by atoms with Gasteiger partial charge in [-0.25, -0.2) is 0 Å². The highest BCUT2D eigenvalue weighted by molar-refractivity contribution is 4.97. The van der Waals surface area contributed by atoms with E-state index in [2.05, 4.69) is 31.0 Å². The first-order valence-corrected chi connectivity index (χ1v) is 5.74. The SMILES string of the molecule is CCC(C)(C)N1CCO[C@@H]2CNC[C@@H]21. The Kier molecular flexibility index (Phi) is 2.82. The molecule has 0 saturated carbocycles. The summed E-state index contributed by atoms with van der Waals surface area (Å²) in [6.07, 6.45) is 1.63. The van der Waals surface area contributed by atoms with Gasteiger partial charge in [0.2, 0.25) is 0 Å². The zero-order chi connectivity index (χ0) is 10.2. The first-order valence-electron chi connectivity index (χ1n) is 5.74. The zero-order valence-electron chi connectivity index (χ0n) is 9.55. The Morgan fingerprint density at radius 2 is 2.21 bits per heavy atom. The van der Waals surface area contributed by atoms with Crippen LogP contribution in [0.15, 0.2) is 0 Å². The fourth-order valence-electron chi connectivity index (χ4n) is 2.54. The molecule has 2 aliphatic heterocycles. The molecule has 2 aliphatic rings. The molecule has 0 aromatic rings. The van der Waals surface area contributed by atoms with Crippen LogP contribution in [0, 0.1) is 0 Å². The normalized spacial score (nSPS) is 34.5. The second kappa shape index (κ2) is 3.80. The first kappa shape index (κ1) is 10.4. The van der Waals surface area contributed by atoms with Crippen molar-refractivity contribution in [2.24, 2.45) is 0 Å². The van der Waals surface area contributed by atoms with Gasteiger partial charge in [0.15, 0.2) is 0 Å². The number of morpholine rings is 1. The lowest BCUT2D eigenvalue weighted by Gasteiger charge is -2.46. The quantitative estimate of drug-likeness (QED) is 0.712. The van der Waals surface area contributed by atoms with Gasteiger partial charge in [-0.1, -0.05) is 6.92 Å². The highest BCUT2D eigenvalue weighted by Crippen LogP contribution is 2.27. The molecule has 0 unspecified atom stereocenters. The minimum atomic E-state index is 0.318. The summed E-state index contributed by atoms with van der Waals surface area (Å²) in [5.41, 5.74) is 0.318. The molecule has 2 heterocycles. The Hall–Kier alpha value is -0.120. The highest BCUT2D eigenvalue weighted by Gasteiger charge is 2.41. The number of nitrogens with one attached hydrogen (secondary N) is 1. The zero-order valence-corrected chi connectivity index (χ0v) is 9.55. The van der Waals surface area contributed by atoms with E-state index in [0.717, 1.165) is 26.2 Å². The molecule has 0 radical (unpaired) electrons. The molecule has 3 nitrogen and oxygen atoms in total. The van der Waals surface area contributed by atoms with E-state index < -0.39 is 0 Å². The number of hydrogen-bond acceptors (Lipinski definition) is 3. The van der Waals surface area contributed by atoms with Gasteiger partial charge in [0.1, 0.15) is 0 Å². The average molecular weight is 198 g/mol. The van der Waals surface area contributed by atoms with Crippen LogP contribution >= 0.6 is 0 Å². The molecule has 82 valence electrons. The summed E-state index contributed by atoms with van der Waals surface area (Å²) in [5, 5.41) is 3.42. The van der Waals surface area contributed by atoms with Gasteiger partial charge >= 0.3 is 0 Å². The van der Waals surface area contributed by atoms with Crippen LogP contribution in [0.1, 0.15) is 27.2 Å². The van der Waals surface area contributed by atoms with Gasteiger partial charge in [-0.3, -0.25) is 4.90 Å². The smallest absolute Gasteiger partial charge is 0.0867 e. The molecule has 2 saturated heterocycles. The Morgan fingerprint density at radius 1 is 1.43 bits per heavy atom. The molecule has 0 amide bonds. The largest absolute Gasteiger partial charge is 0.374 e. The van der Waals surface area contributed by atoms with Crippen LogP contribution in [0.3, 0.4) is 0 Å². The van der Waals surface area contributed by atoms with E-state index in [0.29, 0.717) is 17.7 Å². The molecular formula is C11H22N2O. The van der Waals surface area contributed by atoms with Gasteiger partial charge in [-0.15, -0.1) is 0 Å². The molecule has 0 aromatic heterocycles. The monoisotopic (exact) mass is 198 g/mol. The Balaban J connectivity index is 2.10. The third-order valence-electron chi connectivity index (χ3n) is 3.84. The predicted octanol–water partition coefficient (Wildman–Crippen LogP) is 0.848. The van der Waals surface area contributed by atoms with Crippen molar-refractivity contribution in [2.75, 3.05) is 26.2 Å². The number of fused-ring (bicyclic) bond motifs is 1. The Labute approximate surface area is 86.8 Å². The van der Waals surface area contributed by atoms with E-state index >= 15 is 0 Å². The molecule has 2 rings (SSSR count).